The van der Waals surface area contributed by atoms with Gasteiger partial charge in [0.2, 0.25) is 0 Å². The van der Waals surface area contributed by atoms with Crippen molar-refractivity contribution in [3.63, 3.8) is 0 Å². The molecule has 0 spiro atoms. The van der Waals surface area contributed by atoms with Gasteiger partial charge in [-0.3, -0.25) is 24.5 Å². The third kappa shape index (κ3) is 58.0. The lowest BCUT2D eigenvalue weighted by atomic mass is 10.2. The van der Waals surface area contributed by atoms with Crippen LogP contribution in [-0.4, -0.2) is 296 Å². The highest BCUT2D eigenvalue weighted by Gasteiger charge is 2.18. The number of ether oxygens (including phenoxy) is 1. The predicted octanol–water partition coefficient (Wildman–Crippen LogP) is 26.8. The lowest BCUT2D eigenvalue weighted by Crippen LogP contribution is -2.38. The van der Waals surface area contributed by atoms with Crippen molar-refractivity contribution in [2.45, 2.75) is 122 Å². The molecule has 12 aromatic rings. The van der Waals surface area contributed by atoms with Gasteiger partial charge in [0.25, 0.3) is 0 Å². The largest absolute Gasteiger partial charge is 0.379 e. The van der Waals surface area contributed by atoms with Gasteiger partial charge in [0.05, 0.1) is 13.2 Å². The van der Waals surface area contributed by atoms with Crippen LogP contribution >= 0.6 is 70.6 Å². The average molecular weight is 2070 g/mol. The second-order valence-corrected chi connectivity index (χ2v) is 44.8. The van der Waals surface area contributed by atoms with Crippen LogP contribution in [0.1, 0.15) is 98.6 Å². The molecule has 14 rings (SSSR count). The molecule has 0 aromatic heterocycles. The quantitative estimate of drug-likeness (QED) is 0.0268. The highest BCUT2D eigenvalue weighted by atomic mass is 32.2. The molecule has 19 heteroatoms. The molecule has 0 N–H and O–H groups in total. The lowest BCUT2D eigenvalue weighted by molar-refractivity contribution is 0.0361. The molecule has 782 valence electrons. The minimum Gasteiger partial charge on any atom is -0.379 e. The molecule has 13 nitrogen and oxygen atoms in total. The van der Waals surface area contributed by atoms with Crippen molar-refractivity contribution in [3.05, 3.63) is 397 Å². The Kier molecular flexibility index (Phi) is 65.6. The van der Waals surface area contributed by atoms with Gasteiger partial charge in [-0.1, -0.05) is 305 Å². The van der Waals surface area contributed by atoms with Crippen LogP contribution in [0, 0.1) is 0 Å². The third-order valence-corrected chi connectivity index (χ3v) is 31.5. The number of para-hydroxylation sites is 2. The summed E-state index contributed by atoms with van der Waals surface area (Å²) in [5, 5.41) is 0. The molecule has 0 unspecified atom stereocenters. The highest BCUT2D eigenvalue weighted by Crippen LogP contribution is 2.26. The lowest BCUT2D eigenvalue weighted by Gasteiger charge is -2.28. The Morgan fingerprint density at radius 3 is 0.759 bits per heavy atom. The van der Waals surface area contributed by atoms with Gasteiger partial charge in [0.15, 0.2) is 0 Å². The number of morpholine rings is 1. The molecule has 2 aliphatic rings. The minimum atomic E-state index is 0.890. The maximum atomic E-state index is 5.45. The summed E-state index contributed by atoms with van der Waals surface area (Å²) in [6.45, 7) is 38.2. The molecule has 2 heterocycles. The molecule has 0 amide bonds. The monoisotopic (exact) mass is 2070 g/mol. The van der Waals surface area contributed by atoms with Crippen LogP contribution in [0.15, 0.2) is 384 Å². The molecule has 0 atom stereocenters. The molecule has 0 saturated carbocycles. The number of rotatable bonds is 62. The topological polar surface area (TPSA) is 48.1 Å². The summed E-state index contributed by atoms with van der Waals surface area (Å²) in [7, 11) is 13.0. The number of hydrogen-bond donors (Lipinski definition) is 0. The first-order valence-corrected chi connectivity index (χ1v) is 59.9. The van der Waals surface area contributed by atoms with Crippen molar-refractivity contribution in [2.24, 2.45) is 0 Å². The van der Waals surface area contributed by atoms with Crippen molar-refractivity contribution in [2.75, 3.05) is 257 Å². The van der Waals surface area contributed by atoms with E-state index in [4.69, 9.17) is 4.74 Å². The Hall–Kier alpha value is -8.10. The van der Waals surface area contributed by atoms with Gasteiger partial charge in [-0.25, -0.2) is 0 Å². The van der Waals surface area contributed by atoms with E-state index in [0.29, 0.717) is 0 Å². The van der Waals surface area contributed by atoms with Crippen LogP contribution in [-0.2, 0) is 42.4 Å². The van der Waals surface area contributed by atoms with E-state index in [2.05, 4.69) is 479 Å². The molecule has 12 aromatic carbocycles. The van der Waals surface area contributed by atoms with Crippen LogP contribution in [0.3, 0.4) is 0 Å². The van der Waals surface area contributed by atoms with Crippen molar-refractivity contribution in [1.29, 1.82) is 0 Å². The molecule has 0 radical (unpaired) electrons. The van der Waals surface area contributed by atoms with Crippen LogP contribution in [0.2, 0.25) is 0 Å². The minimum absolute atomic E-state index is 0.890. The van der Waals surface area contributed by atoms with Crippen LogP contribution in [0.4, 0.5) is 11.4 Å². The zero-order valence-electron chi connectivity index (χ0n) is 89.4. The Morgan fingerprint density at radius 1 is 0.234 bits per heavy atom. The second-order valence-electron chi connectivity index (χ2n) is 37.9. The Labute approximate surface area is 905 Å². The van der Waals surface area contributed by atoms with Gasteiger partial charge in [-0.15, -0.1) is 47.0 Å². The SMILES string of the molecule is CCN(C)CCCN(CCSCc1ccccc1)c1ccccc1.CCN(C)CCCN(CCSc1ccccc1)Cc1ccccc1.CN(C)CCCN(CCSCc1ccccc1)c1ccccc1.CN(C)CCCN(CCSc1ccccc1)Cc1ccccc1.c1ccc(CN(CCCN2CCCC2)CCSc2ccccc2)cc1.c1ccc(CN(CCCN2CCOCC2)CCSc2ccccc2)cc1. The smallest absolute Gasteiger partial charge is 0.0594 e. The number of benzene rings is 12. The zero-order chi connectivity index (χ0) is 102. The Bertz CT molecular complexity index is 4950. The fraction of sp³-hybridized carbons (Fsp3) is 0.429. The molecule has 0 bridgehead atoms. The van der Waals surface area contributed by atoms with E-state index in [0.717, 1.165) is 203 Å². The first kappa shape index (κ1) is 120. The van der Waals surface area contributed by atoms with Crippen LogP contribution in [0.25, 0.3) is 0 Å². The van der Waals surface area contributed by atoms with E-state index >= 15 is 0 Å². The number of nitrogens with zero attached hydrogens (tertiary/aromatic N) is 12. The van der Waals surface area contributed by atoms with E-state index in [9.17, 15) is 0 Å². The molecular formula is C126H176N12OS6. The summed E-state index contributed by atoms with van der Waals surface area (Å²) in [5.74, 6) is 9.08. The Balaban J connectivity index is 0.000000194. The molecule has 145 heavy (non-hydrogen) atoms. The summed E-state index contributed by atoms with van der Waals surface area (Å²) in [4.78, 5) is 35.4. The van der Waals surface area contributed by atoms with Crippen LogP contribution < -0.4 is 9.80 Å². The van der Waals surface area contributed by atoms with Gasteiger partial charge in [-0.05, 0) is 291 Å². The standard InChI is InChI=1S/C22H30N2OS.C22H30N2S.2C21H30N2S.2C20H28N2S/c1-3-8-21(9-4-1)20-24(13-7-12-23-14-17-25-18-15-23)16-19-26-22-10-5-2-6-11-22;1-3-10-21(11-4-1)20-24(17-9-16-23-14-7-8-15-23)18-19-25-22-12-5-2-6-13-22;1-3-22(2)15-10-16-23(21-13-8-5-9-14-21)17-18-24-19-20-11-6-4-7-12-20;1-3-22(2)15-10-16-23(19-20-11-6-4-7-12-20)17-18-24-21-13-8-5-9-14-21;1-21(2)14-9-15-22(20-12-7-4-8-13-20)16-17-23-18-19-10-5-3-6-11-19;1-21(2)14-9-15-22(18-19-10-5-3-6-11-19)16-17-23-20-12-7-4-8-13-20/h1-6,8-11H,7,12-20H2;1-6,10-13H,7-9,14-20H2;2*4-9,11-14H,3,10,15-19H2,1-2H3;2*3-8,10-13H,9,14-18H2,1-2H3. The molecule has 2 aliphatic heterocycles. The van der Waals surface area contributed by atoms with Gasteiger partial charge in [-0.2, -0.15) is 23.5 Å². The second kappa shape index (κ2) is 79.0. The fourth-order valence-electron chi connectivity index (χ4n) is 17.0. The van der Waals surface area contributed by atoms with Crippen molar-refractivity contribution in [3.8, 4) is 0 Å². The van der Waals surface area contributed by atoms with E-state index < -0.39 is 0 Å². The normalized spacial score (nSPS) is 12.6. The third-order valence-electron chi connectivity index (χ3n) is 25.5. The van der Waals surface area contributed by atoms with Crippen molar-refractivity contribution < 1.29 is 4.74 Å². The fourth-order valence-corrected chi connectivity index (χ4v) is 22.6. The van der Waals surface area contributed by atoms with Crippen LogP contribution in [0.5, 0.6) is 0 Å². The molecule has 2 saturated heterocycles. The number of likely N-dealkylation sites (tertiary alicyclic amines) is 1. The van der Waals surface area contributed by atoms with E-state index in [1.807, 2.05) is 70.6 Å². The van der Waals surface area contributed by atoms with Gasteiger partial charge in [0.1, 0.15) is 0 Å². The average Bonchev–Trinajstić information content (AvgIpc) is 1.14. The number of hydrogen-bond acceptors (Lipinski definition) is 19. The van der Waals surface area contributed by atoms with Gasteiger partial charge >= 0.3 is 0 Å². The summed E-state index contributed by atoms with van der Waals surface area (Å²) in [6.07, 6.45) is 10.1. The molecular weight excluding hydrogens is 1890 g/mol. The van der Waals surface area contributed by atoms with Crippen molar-refractivity contribution in [1.82, 2.24) is 49.0 Å². The molecule has 0 aliphatic carbocycles. The summed E-state index contributed by atoms with van der Waals surface area (Å²) in [6, 6.07) is 129. The first-order valence-electron chi connectivity index (χ1n) is 53.7. The molecule has 2 fully saturated rings. The first-order chi connectivity index (χ1) is 71.4. The van der Waals surface area contributed by atoms with Gasteiger partial charge < -0.3 is 39.0 Å². The van der Waals surface area contributed by atoms with Gasteiger partial charge in [0, 0.05) is 169 Å². The number of anilines is 2. The maximum Gasteiger partial charge on any atom is 0.0594 e. The Morgan fingerprint density at radius 2 is 0.476 bits per heavy atom. The van der Waals surface area contributed by atoms with E-state index in [1.54, 1.807) is 0 Å². The highest BCUT2D eigenvalue weighted by molar-refractivity contribution is 8.00. The van der Waals surface area contributed by atoms with Crippen molar-refractivity contribution >= 4 is 81.9 Å². The summed E-state index contributed by atoms with van der Waals surface area (Å²) < 4.78 is 5.45. The van der Waals surface area contributed by atoms with E-state index in [1.165, 1.54) is 155 Å². The summed E-state index contributed by atoms with van der Waals surface area (Å²) >= 11 is 11.9. The summed E-state index contributed by atoms with van der Waals surface area (Å²) in [5.41, 5.74) is 11.2. The number of thioether (sulfide) groups is 6. The zero-order valence-corrected chi connectivity index (χ0v) is 94.3. The predicted molar refractivity (Wildman–Crippen MR) is 642 cm³/mol. The van der Waals surface area contributed by atoms with E-state index in [-0.39, 0.29) is 0 Å². The maximum absolute atomic E-state index is 5.45.